The summed E-state index contributed by atoms with van der Waals surface area (Å²) in [6, 6.07) is 0. The van der Waals surface area contributed by atoms with Crippen LogP contribution in [0.15, 0.2) is 0 Å². The van der Waals surface area contributed by atoms with E-state index in [9.17, 15) is 65.9 Å². The van der Waals surface area contributed by atoms with E-state index in [-0.39, 0.29) is 0 Å². The van der Waals surface area contributed by atoms with E-state index in [2.05, 4.69) is 0 Å². The zero-order chi connectivity index (χ0) is 34.1. The minimum Gasteiger partial charge on any atom is -0.402 e. The predicted molar refractivity (Wildman–Crippen MR) is 120 cm³/mol. The molecule has 6 N–H and O–H groups in total. The summed E-state index contributed by atoms with van der Waals surface area (Å²) < 4.78 is 187. The van der Waals surface area contributed by atoms with Gasteiger partial charge in [0.1, 0.15) is 17.1 Å². The third-order valence-electron chi connectivity index (χ3n) is 4.38. The van der Waals surface area contributed by atoms with Crippen molar-refractivity contribution in [3.63, 3.8) is 0 Å². The molecule has 0 amide bonds. The fourth-order valence-electron chi connectivity index (χ4n) is 2.47. The second-order valence-corrected chi connectivity index (χ2v) is 6.93. The van der Waals surface area contributed by atoms with E-state index < -0.39 is 112 Å². The Morgan fingerprint density at radius 3 is 0.488 bits per heavy atom. The van der Waals surface area contributed by atoms with Crippen LogP contribution in [0, 0.1) is 87.3 Å². The van der Waals surface area contributed by atoms with Crippen molar-refractivity contribution in [2.24, 2.45) is 0 Å². The molecular formula is C21H15BF15N3O3. The number of hydrogen-bond acceptors (Lipinski definition) is 6. The van der Waals surface area contributed by atoms with Gasteiger partial charge in [-0.25, -0.2) is 65.9 Å². The molecule has 0 bridgehead atoms. The van der Waals surface area contributed by atoms with E-state index in [1.807, 2.05) is 16.0 Å². The van der Waals surface area contributed by atoms with Gasteiger partial charge in [0, 0.05) is 21.1 Å². The van der Waals surface area contributed by atoms with E-state index in [4.69, 9.17) is 15.1 Å². The molecule has 0 aromatic heterocycles. The molecule has 3 rings (SSSR count). The first-order valence-corrected chi connectivity index (χ1v) is 10.4. The summed E-state index contributed by atoms with van der Waals surface area (Å²) in [4.78, 5) is 0. The number of anilines is 3. The molecular weight excluding hydrogens is 638 g/mol. The van der Waals surface area contributed by atoms with Crippen molar-refractivity contribution >= 4 is 24.4 Å². The number of hydrogen-bond donors (Lipinski definition) is 6. The highest BCUT2D eigenvalue weighted by molar-refractivity contribution is 6.30. The third kappa shape index (κ3) is 8.97. The van der Waals surface area contributed by atoms with Gasteiger partial charge in [0.15, 0.2) is 69.8 Å². The minimum absolute atomic E-state index is 1.03. The largest absolute Gasteiger partial charge is 0.631 e. The molecule has 0 fully saturated rings. The van der Waals surface area contributed by atoms with Crippen LogP contribution in [0.3, 0.4) is 0 Å². The van der Waals surface area contributed by atoms with Crippen LogP contribution in [0.2, 0.25) is 0 Å². The summed E-state index contributed by atoms with van der Waals surface area (Å²) in [7, 11) is 0.995. The van der Waals surface area contributed by atoms with Crippen LogP contribution >= 0.6 is 0 Å². The number of rotatable bonds is 3. The SMILES string of the molecule is CNc1c(F)c(F)c(F)c(F)c1F.CNc1c(F)c(F)c(F)c(F)c1F.CNc1c(F)c(F)c(F)c(F)c1F.OB(O)O. The van der Waals surface area contributed by atoms with Gasteiger partial charge in [-0.2, -0.15) is 0 Å². The second kappa shape index (κ2) is 16.6. The van der Waals surface area contributed by atoms with Crippen molar-refractivity contribution in [3.05, 3.63) is 87.3 Å². The molecule has 0 saturated carbocycles. The highest BCUT2D eigenvalue weighted by Crippen LogP contribution is 2.28. The molecule has 43 heavy (non-hydrogen) atoms. The summed E-state index contributed by atoms with van der Waals surface area (Å²) in [5.41, 5.74) is -3.09. The van der Waals surface area contributed by atoms with Gasteiger partial charge in [0.2, 0.25) is 17.5 Å². The van der Waals surface area contributed by atoms with E-state index in [1.165, 1.54) is 0 Å². The minimum atomic E-state index is -2.17. The van der Waals surface area contributed by atoms with E-state index in [0.717, 1.165) is 21.1 Å². The zero-order valence-electron chi connectivity index (χ0n) is 21.1. The van der Waals surface area contributed by atoms with Gasteiger partial charge in [-0.05, 0) is 0 Å². The van der Waals surface area contributed by atoms with Crippen LogP contribution in [0.25, 0.3) is 0 Å². The molecule has 22 heteroatoms. The Balaban J connectivity index is 0.000000578. The quantitative estimate of drug-likeness (QED) is 0.101. The monoisotopic (exact) mass is 653 g/mol. The zero-order valence-corrected chi connectivity index (χ0v) is 21.1. The lowest BCUT2D eigenvalue weighted by Crippen LogP contribution is -2.07. The molecule has 0 saturated heterocycles. The Morgan fingerprint density at radius 2 is 0.395 bits per heavy atom. The Bertz CT molecular complexity index is 1190. The smallest absolute Gasteiger partial charge is 0.402 e. The number of benzene rings is 3. The fourth-order valence-corrected chi connectivity index (χ4v) is 2.47. The molecule has 0 heterocycles. The molecule has 6 nitrogen and oxygen atoms in total. The molecule has 0 unspecified atom stereocenters. The number of halogens is 15. The van der Waals surface area contributed by atoms with Gasteiger partial charge in [-0.15, -0.1) is 0 Å². The highest BCUT2D eigenvalue weighted by atomic mass is 19.2. The maximum Gasteiger partial charge on any atom is 0.631 e. The summed E-state index contributed by atoms with van der Waals surface area (Å²) in [5.74, 6) is -29.4. The summed E-state index contributed by atoms with van der Waals surface area (Å²) >= 11 is 0. The van der Waals surface area contributed by atoms with Crippen LogP contribution < -0.4 is 16.0 Å². The average molecular weight is 653 g/mol. The lowest BCUT2D eigenvalue weighted by atomic mass is 10.2. The number of nitrogens with one attached hydrogen (secondary N) is 3. The summed E-state index contributed by atoms with van der Waals surface area (Å²) in [6.07, 6.45) is 0. The third-order valence-corrected chi connectivity index (χ3v) is 4.38. The van der Waals surface area contributed by atoms with Crippen molar-refractivity contribution in [1.29, 1.82) is 0 Å². The summed E-state index contributed by atoms with van der Waals surface area (Å²) in [5, 5.41) is 27.1. The Labute approximate surface area is 230 Å². The topological polar surface area (TPSA) is 96.8 Å². The van der Waals surface area contributed by atoms with Gasteiger partial charge < -0.3 is 31.0 Å². The highest BCUT2D eigenvalue weighted by Gasteiger charge is 2.26. The van der Waals surface area contributed by atoms with Crippen molar-refractivity contribution in [3.8, 4) is 0 Å². The first-order chi connectivity index (χ1) is 19.7. The standard InChI is InChI=1S/3C7H4F5N.BH3O3/c3*1-13-7-5(11)3(9)2(8)4(10)6(7)12;2-1(3)4/h3*13H,1H3;2-4H. The maximum atomic E-state index is 12.6. The van der Waals surface area contributed by atoms with Crippen molar-refractivity contribution in [2.75, 3.05) is 37.1 Å². The fraction of sp³-hybridized carbons (Fsp3) is 0.143. The van der Waals surface area contributed by atoms with Gasteiger partial charge >= 0.3 is 7.32 Å². The molecule has 0 radical (unpaired) electrons. The van der Waals surface area contributed by atoms with Crippen molar-refractivity contribution in [1.82, 2.24) is 0 Å². The van der Waals surface area contributed by atoms with Gasteiger partial charge in [-0.1, -0.05) is 0 Å². The lowest BCUT2D eigenvalue weighted by Gasteiger charge is -2.06. The predicted octanol–water partition coefficient (Wildman–Crippen LogP) is 5.22. The van der Waals surface area contributed by atoms with Crippen LogP contribution in [0.4, 0.5) is 82.9 Å². The Kier molecular flexibility index (Phi) is 15.0. The van der Waals surface area contributed by atoms with E-state index in [1.54, 1.807) is 0 Å². The Hall–Kier alpha value is -4.05. The summed E-state index contributed by atoms with van der Waals surface area (Å²) in [6.45, 7) is 0. The normalized spacial score (nSPS) is 9.98. The van der Waals surface area contributed by atoms with Crippen molar-refractivity contribution < 1.29 is 80.9 Å². The first kappa shape index (κ1) is 39.0. The van der Waals surface area contributed by atoms with Gasteiger partial charge in [-0.3, -0.25) is 0 Å². The van der Waals surface area contributed by atoms with Crippen LogP contribution in [0.1, 0.15) is 0 Å². The molecule has 0 spiro atoms. The molecule has 0 aliphatic rings. The first-order valence-electron chi connectivity index (χ1n) is 10.4. The van der Waals surface area contributed by atoms with Crippen LogP contribution in [-0.2, 0) is 0 Å². The molecule has 3 aromatic carbocycles. The van der Waals surface area contributed by atoms with Gasteiger partial charge in [0.05, 0.1) is 0 Å². The molecule has 3 aromatic rings. The Morgan fingerprint density at radius 1 is 0.302 bits per heavy atom. The van der Waals surface area contributed by atoms with Crippen LogP contribution in [-0.4, -0.2) is 43.5 Å². The van der Waals surface area contributed by atoms with Crippen LogP contribution in [0.5, 0.6) is 0 Å². The van der Waals surface area contributed by atoms with Crippen molar-refractivity contribution in [2.45, 2.75) is 0 Å². The molecule has 0 aliphatic carbocycles. The molecule has 0 atom stereocenters. The average Bonchev–Trinajstić information content (AvgIpc) is 2.96. The van der Waals surface area contributed by atoms with E-state index in [0.29, 0.717) is 0 Å². The molecule has 240 valence electrons. The van der Waals surface area contributed by atoms with Gasteiger partial charge in [0.25, 0.3) is 0 Å². The van der Waals surface area contributed by atoms with E-state index >= 15 is 0 Å². The molecule has 0 aliphatic heterocycles. The maximum absolute atomic E-state index is 12.6. The second-order valence-electron chi connectivity index (χ2n) is 6.93. The lowest BCUT2D eigenvalue weighted by molar-refractivity contribution is 0.278.